The summed E-state index contributed by atoms with van der Waals surface area (Å²) in [5.41, 5.74) is 2.40. The molecule has 0 bridgehead atoms. The van der Waals surface area contributed by atoms with Gasteiger partial charge in [0.2, 0.25) is 5.91 Å². The van der Waals surface area contributed by atoms with Gasteiger partial charge >= 0.3 is 0 Å². The topological polar surface area (TPSA) is 52.7 Å². The summed E-state index contributed by atoms with van der Waals surface area (Å²) in [6, 6.07) is 17.0. The van der Waals surface area contributed by atoms with Crippen molar-refractivity contribution in [1.82, 2.24) is 4.90 Å². The first-order chi connectivity index (χ1) is 12.7. The fourth-order valence-electron chi connectivity index (χ4n) is 3.20. The quantitative estimate of drug-likeness (QED) is 0.868. The van der Waals surface area contributed by atoms with Crippen LogP contribution in [0.25, 0.3) is 0 Å². The third kappa shape index (κ3) is 4.42. The molecule has 0 aromatic heterocycles. The van der Waals surface area contributed by atoms with Crippen molar-refractivity contribution in [2.75, 3.05) is 36.4 Å². The molecule has 136 valence electrons. The highest BCUT2D eigenvalue weighted by Crippen LogP contribution is 2.16. The molecular weight excluding hydrogens is 326 g/mol. The Morgan fingerprint density at radius 2 is 1.65 bits per heavy atom. The van der Waals surface area contributed by atoms with Crippen molar-refractivity contribution in [3.05, 3.63) is 60.2 Å². The van der Waals surface area contributed by atoms with Crippen LogP contribution in [0.15, 0.2) is 54.6 Å². The van der Waals surface area contributed by atoms with Gasteiger partial charge in [0.15, 0.2) is 0 Å². The van der Waals surface area contributed by atoms with Crippen molar-refractivity contribution in [3.8, 4) is 0 Å². The molecule has 0 spiro atoms. The second kappa shape index (κ2) is 8.52. The van der Waals surface area contributed by atoms with E-state index in [-0.39, 0.29) is 18.4 Å². The van der Waals surface area contributed by atoms with Crippen LogP contribution in [0.2, 0.25) is 0 Å². The lowest BCUT2D eigenvalue weighted by Crippen LogP contribution is -2.33. The molecular formula is C21H25N3O2. The minimum atomic E-state index is -0.0747. The van der Waals surface area contributed by atoms with Gasteiger partial charge in [0.25, 0.3) is 5.91 Å². The van der Waals surface area contributed by atoms with E-state index in [1.165, 1.54) is 0 Å². The number of carbonyl (C=O) groups excluding carboxylic acids is 2. The second-order valence-corrected chi connectivity index (χ2v) is 6.47. The number of para-hydroxylation sites is 1. The summed E-state index contributed by atoms with van der Waals surface area (Å²) in [4.78, 5) is 28.6. The van der Waals surface area contributed by atoms with E-state index in [0.29, 0.717) is 11.3 Å². The van der Waals surface area contributed by atoms with E-state index in [0.717, 1.165) is 38.2 Å². The van der Waals surface area contributed by atoms with Crippen LogP contribution in [0, 0.1) is 0 Å². The summed E-state index contributed by atoms with van der Waals surface area (Å²) in [6.07, 6.45) is 2.16. The highest BCUT2D eigenvalue weighted by atomic mass is 16.2. The number of likely N-dealkylation sites (N-methyl/N-ethyl adjacent to an activating group) is 1. The highest BCUT2D eigenvalue weighted by Gasteiger charge is 2.19. The van der Waals surface area contributed by atoms with Crippen LogP contribution in [0.5, 0.6) is 0 Å². The van der Waals surface area contributed by atoms with Crippen LogP contribution in [0.4, 0.5) is 11.4 Å². The molecule has 1 aliphatic heterocycles. The molecule has 0 atom stereocenters. The molecule has 3 rings (SSSR count). The predicted octanol–water partition coefficient (Wildman–Crippen LogP) is 3.39. The van der Waals surface area contributed by atoms with Crippen molar-refractivity contribution in [3.63, 3.8) is 0 Å². The lowest BCUT2D eigenvalue weighted by atomic mass is 10.2. The Kier molecular flexibility index (Phi) is 5.89. The van der Waals surface area contributed by atoms with E-state index < -0.39 is 0 Å². The summed E-state index contributed by atoms with van der Waals surface area (Å²) in [6.45, 7) is 4.74. The zero-order valence-electron chi connectivity index (χ0n) is 15.1. The van der Waals surface area contributed by atoms with Crippen molar-refractivity contribution in [1.29, 1.82) is 0 Å². The molecule has 5 nitrogen and oxygen atoms in total. The summed E-state index contributed by atoms with van der Waals surface area (Å²) in [7, 11) is 0. The lowest BCUT2D eigenvalue weighted by Gasteiger charge is -2.22. The molecule has 5 heteroatoms. The summed E-state index contributed by atoms with van der Waals surface area (Å²) >= 11 is 0. The normalized spacial score (nSPS) is 13.5. The minimum absolute atomic E-state index is 0.0709. The van der Waals surface area contributed by atoms with Crippen LogP contribution < -0.4 is 10.2 Å². The van der Waals surface area contributed by atoms with Gasteiger partial charge in [0.1, 0.15) is 0 Å². The Morgan fingerprint density at radius 1 is 1.00 bits per heavy atom. The van der Waals surface area contributed by atoms with E-state index in [9.17, 15) is 9.59 Å². The van der Waals surface area contributed by atoms with Crippen LogP contribution in [0.3, 0.4) is 0 Å². The van der Waals surface area contributed by atoms with Gasteiger partial charge in [-0.05, 0) is 56.2 Å². The maximum absolute atomic E-state index is 12.4. The molecule has 0 saturated carbocycles. The Labute approximate surface area is 154 Å². The van der Waals surface area contributed by atoms with Crippen molar-refractivity contribution < 1.29 is 9.59 Å². The van der Waals surface area contributed by atoms with Crippen LogP contribution in [0.1, 0.15) is 30.1 Å². The molecule has 2 amide bonds. The molecule has 1 saturated heterocycles. The van der Waals surface area contributed by atoms with E-state index in [1.807, 2.05) is 47.1 Å². The predicted molar refractivity (Wildman–Crippen MR) is 105 cm³/mol. The number of nitrogens with zero attached hydrogens (tertiary/aromatic N) is 2. The zero-order chi connectivity index (χ0) is 18.4. The number of hydrogen-bond donors (Lipinski definition) is 1. The first-order valence-corrected chi connectivity index (χ1v) is 9.16. The maximum Gasteiger partial charge on any atom is 0.253 e. The van der Waals surface area contributed by atoms with Crippen LogP contribution in [-0.4, -0.2) is 42.9 Å². The molecule has 1 heterocycles. The standard InChI is InChI=1S/C21H25N3O2/c1-2-23(19-8-4-3-5-9-19)16-20(25)22-18-12-10-17(11-13-18)21(26)24-14-6-7-15-24/h3-5,8-13H,2,6-7,14-16H2,1H3,(H,22,25). The smallest absolute Gasteiger partial charge is 0.253 e. The number of benzene rings is 2. The van der Waals surface area contributed by atoms with E-state index >= 15 is 0 Å². The van der Waals surface area contributed by atoms with Gasteiger partial charge in [-0.2, -0.15) is 0 Å². The number of amides is 2. The van der Waals surface area contributed by atoms with Gasteiger partial charge in [0, 0.05) is 36.6 Å². The van der Waals surface area contributed by atoms with E-state index in [2.05, 4.69) is 5.32 Å². The largest absolute Gasteiger partial charge is 0.362 e. The van der Waals surface area contributed by atoms with Crippen molar-refractivity contribution in [2.45, 2.75) is 19.8 Å². The van der Waals surface area contributed by atoms with Crippen molar-refractivity contribution >= 4 is 23.2 Å². The SMILES string of the molecule is CCN(CC(=O)Nc1ccc(C(=O)N2CCCC2)cc1)c1ccccc1. The van der Waals surface area contributed by atoms with E-state index in [1.54, 1.807) is 24.3 Å². The average Bonchev–Trinajstić information content (AvgIpc) is 3.21. The molecule has 0 unspecified atom stereocenters. The van der Waals surface area contributed by atoms with Gasteiger partial charge in [0.05, 0.1) is 6.54 Å². The fraction of sp³-hybridized carbons (Fsp3) is 0.333. The minimum Gasteiger partial charge on any atom is -0.362 e. The number of rotatable bonds is 6. The van der Waals surface area contributed by atoms with Crippen molar-refractivity contribution in [2.24, 2.45) is 0 Å². The monoisotopic (exact) mass is 351 g/mol. The Bertz CT molecular complexity index is 738. The molecule has 1 N–H and O–H groups in total. The zero-order valence-corrected chi connectivity index (χ0v) is 15.1. The molecule has 26 heavy (non-hydrogen) atoms. The average molecular weight is 351 g/mol. The molecule has 1 aliphatic rings. The number of hydrogen-bond acceptors (Lipinski definition) is 3. The lowest BCUT2D eigenvalue weighted by molar-refractivity contribution is -0.115. The Balaban J connectivity index is 1.58. The third-order valence-corrected chi connectivity index (χ3v) is 4.65. The van der Waals surface area contributed by atoms with Gasteiger partial charge in [-0.3, -0.25) is 9.59 Å². The molecule has 2 aromatic carbocycles. The van der Waals surface area contributed by atoms with Gasteiger partial charge in [-0.1, -0.05) is 18.2 Å². The maximum atomic E-state index is 12.4. The molecule has 1 fully saturated rings. The number of anilines is 2. The first kappa shape index (κ1) is 18.0. The first-order valence-electron chi connectivity index (χ1n) is 9.16. The summed E-state index contributed by atoms with van der Waals surface area (Å²) in [5.74, 6) is -0.00376. The number of likely N-dealkylation sites (tertiary alicyclic amines) is 1. The van der Waals surface area contributed by atoms with Gasteiger partial charge in [-0.25, -0.2) is 0 Å². The van der Waals surface area contributed by atoms with E-state index in [4.69, 9.17) is 0 Å². The second-order valence-electron chi connectivity index (χ2n) is 6.47. The summed E-state index contributed by atoms with van der Waals surface area (Å²) < 4.78 is 0. The van der Waals surface area contributed by atoms with Gasteiger partial charge < -0.3 is 15.1 Å². The number of nitrogens with one attached hydrogen (secondary N) is 1. The highest BCUT2D eigenvalue weighted by molar-refractivity contribution is 5.97. The number of carbonyl (C=O) groups is 2. The molecule has 0 aliphatic carbocycles. The molecule has 2 aromatic rings. The Morgan fingerprint density at radius 3 is 2.27 bits per heavy atom. The van der Waals surface area contributed by atoms with Crippen LogP contribution in [-0.2, 0) is 4.79 Å². The third-order valence-electron chi connectivity index (χ3n) is 4.65. The molecule has 0 radical (unpaired) electrons. The fourth-order valence-corrected chi connectivity index (χ4v) is 3.20. The van der Waals surface area contributed by atoms with Crippen LogP contribution >= 0.6 is 0 Å². The van der Waals surface area contributed by atoms with Gasteiger partial charge in [-0.15, -0.1) is 0 Å². The summed E-state index contributed by atoms with van der Waals surface area (Å²) in [5, 5.41) is 2.91. The Hall–Kier alpha value is -2.82.